The molecule has 2 fully saturated rings. The van der Waals surface area contributed by atoms with Gasteiger partial charge in [-0.3, -0.25) is 34.2 Å². The molecule has 5 heterocycles. The lowest BCUT2D eigenvalue weighted by atomic mass is 10.0. The van der Waals surface area contributed by atoms with Gasteiger partial charge in [-0.25, -0.2) is 14.6 Å². The number of hydrogen-bond acceptors (Lipinski definition) is 11. The number of aromatic nitrogens is 4. The van der Waals surface area contributed by atoms with Crippen molar-refractivity contribution >= 4 is 52.1 Å². The first-order valence-corrected chi connectivity index (χ1v) is 20.4. The molecule has 8 rings (SSSR count). The van der Waals surface area contributed by atoms with Crippen molar-refractivity contribution in [1.29, 1.82) is 0 Å². The van der Waals surface area contributed by atoms with Crippen molar-refractivity contribution in [3.8, 4) is 22.8 Å². The number of fused-ring (bicyclic) bond motifs is 2. The summed E-state index contributed by atoms with van der Waals surface area (Å²) in [6, 6.07) is 21.3. The molecule has 59 heavy (non-hydrogen) atoms. The van der Waals surface area contributed by atoms with Crippen molar-refractivity contribution in [2.24, 2.45) is 0 Å². The molecule has 0 bridgehead atoms. The molecule has 15 heteroatoms. The minimum atomic E-state index is -0.982. The van der Waals surface area contributed by atoms with Crippen molar-refractivity contribution in [3.05, 3.63) is 90.3 Å². The van der Waals surface area contributed by atoms with Crippen LogP contribution in [-0.4, -0.2) is 84.8 Å². The number of imide groups is 2. The summed E-state index contributed by atoms with van der Waals surface area (Å²) >= 11 is 0. The highest BCUT2D eigenvalue weighted by Gasteiger charge is 2.44. The van der Waals surface area contributed by atoms with Gasteiger partial charge >= 0.3 is 0 Å². The summed E-state index contributed by atoms with van der Waals surface area (Å²) in [5.74, 6) is -0.0726. The molecule has 3 aromatic carbocycles. The van der Waals surface area contributed by atoms with Crippen LogP contribution in [0.25, 0.3) is 22.3 Å². The molecule has 4 N–H and O–H groups in total. The maximum absolute atomic E-state index is 13.4. The average Bonchev–Trinajstić information content (AvgIpc) is 3.76. The zero-order valence-electron chi connectivity index (χ0n) is 32.8. The van der Waals surface area contributed by atoms with Crippen LogP contribution in [0.1, 0.15) is 97.4 Å². The number of piperidine rings is 2. The summed E-state index contributed by atoms with van der Waals surface area (Å²) in [6.45, 7) is 1.98. The zero-order chi connectivity index (χ0) is 40.9. The highest BCUT2D eigenvalue weighted by molar-refractivity contribution is 6.23. The number of unbranched alkanes of at least 4 members (excludes halogenated alkanes) is 5. The maximum atomic E-state index is 13.4. The second-order valence-electron chi connectivity index (χ2n) is 15.3. The molecule has 5 amide bonds. The molecule has 1 unspecified atom stereocenters. The van der Waals surface area contributed by atoms with Crippen LogP contribution in [-0.2, 0) is 14.4 Å². The summed E-state index contributed by atoms with van der Waals surface area (Å²) in [4.78, 5) is 75.1. The highest BCUT2D eigenvalue weighted by atomic mass is 16.5. The minimum absolute atomic E-state index is 0.0418. The Bertz CT molecular complexity index is 2380. The number of carbonyl (C=O) groups is 5. The third kappa shape index (κ3) is 8.50. The van der Waals surface area contributed by atoms with Crippen molar-refractivity contribution in [2.75, 3.05) is 30.7 Å². The van der Waals surface area contributed by atoms with Crippen LogP contribution in [0.2, 0.25) is 0 Å². The van der Waals surface area contributed by atoms with Gasteiger partial charge in [0, 0.05) is 43.7 Å². The molecule has 2 saturated heterocycles. The van der Waals surface area contributed by atoms with E-state index in [-0.39, 0.29) is 35.9 Å². The zero-order valence-corrected chi connectivity index (χ0v) is 32.8. The SMILES string of the molecule is Nc1ncnc2c1c(-c1ccc(Oc3ccccc3)cc1)nn2[C@@H]1CCCN(C(=O)CCCCCCCCNc2ccc3c(c2)C(=O)N(C2CCC(=O)NC2=O)C3=O)C1. The number of nitrogen functional groups attached to an aromatic ring is 1. The first-order chi connectivity index (χ1) is 28.7. The van der Waals surface area contributed by atoms with Crippen LogP contribution in [0.3, 0.4) is 0 Å². The number of ether oxygens (including phenoxy) is 1. The van der Waals surface area contributed by atoms with Gasteiger partial charge in [-0.05, 0) is 86.7 Å². The normalized spacial score (nSPS) is 18.0. The van der Waals surface area contributed by atoms with E-state index in [1.54, 1.807) is 18.2 Å². The van der Waals surface area contributed by atoms with Gasteiger partial charge in [-0.2, -0.15) is 5.10 Å². The van der Waals surface area contributed by atoms with Crippen molar-refractivity contribution in [1.82, 2.24) is 34.9 Å². The van der Waals surface area contributed by atoms with Crippen LogP contribution in [0.5, 0.6) is 11.5 Å². The van der Waals surface area contributed by atoms with E-state index >= 15 is 0 Å². The summed E-state index contributed by atoms with van der Waals surface area (Å²) < 4.78 is 7.90. The lowest BCUT2D eigenvalue weighted by molar-refractivity contribution is -0.136. The number of nitrogens with two attached hydrogens (primary N) is 1. The highest BCUT2D eigenvalue weighted by Crippen LogP contribution is 2.35. The van der Waals surface area contributed by atoms with Gasteiger partial charge in [0.1, 0.15) is 35.4 Å². The van der Waals surface area contributed by atoms with Crippen LogP contribution in [0.4, 0.5) is 11.5 Å². The molecule has 0 aliphatic carbocycles. The third-order valence-corrected chi connectivity index (χ3v) is 11.3. The van der Waals surface area contributed by atoms with E-state index in [9.17, 15) is 24.0 Å². The lowest BCUT2D eigenvalue weighted by Gasteiger charge is -2.33. The van der Waals surface area contributed by atoms with E-state index in [0.717, 1.165) is 79.8 Å². The fourth-order valence-corrected chi connectivity index (χ4v) is 8.22. The summed E-state index contributed by atoms with van der Waals surface area (Å²) in [5, 5.41) is 11.3. The molecule has 304 valence electrons. The molecule has 3 aliphatic heterocycles. The van der Waals surface area contributed by atoms with E-state index in [1.165, 1.54) is 6.33 Å². The third-order valence-electron chi connectivity index (χ3n) is 11.3. The number of para-hydroxylation sites is 1. The monoisotopic (exact) mass is 797 g/mol. The Kier molecular flexibility index (Phi) is 11.6. The minimum Gasteiger partial charge on any atom is -0.457 e. The molecular formula is C44H47N9O6. The number of anilines is 2. The second-order valence-corrected chi connectivity index (χ2v) is 15.3. The Morgan fingerprint density at radius 3 is 2.39 bits per heavy atom. The summed E-state index contributed by atoms with van der Waals surface area (Å²) in [6.07, 6.45) is 9.73. The Balaban J connectivity index is 0.771. The van der Waals surface area contributed by atoms with Crippen molar-refractivity contribution in [3.63, 3.8) is 0 Å². The van der Waals surface area contributed by atoms with Crippen LogP contribution >= 0.6 is 0 Å². The second kappa shape index (κ2) is 17.5. The van der Waals surface area contributed by atoms with E-state index in [4.69, 9.17) is 15.6 Å². The summed E-state index contributed by atoms with van der Waals surface area (Å²) in [5.41, 5.74) is 9.87. The molecular weight excluding hydrogens is 751 g/mol. The van der Waals surface area contributed by atoms with Gasteiger partial charge in [0.25, 0.3) is 11.8 Å². The average molecular weight is 798 g/mol. The smallest absolute Gasteiger partial charge is 0.262 e. The molecule has 0 radical (unpaired) electrons. The Morgan fingerprint density at radius 1 is 0.847 bits per heavy atom. The van der Waals surface area contributed by atoms with Crippen LogP contribution in [0, 0.1) is 0 Å². The molecule has 0 saturated carbocycles. The van der Waals surface area contributed by atoms with E-state index in [2.05, 4.69) is 20.6 Å². The Morgan fingerprint density at radius 2 is 1.59 bits per heavy atom. The number of carbonyl (C=O) groups excluding carboxylic acids is 5. The number of rotatable bonds is 15. The molecule has 15 nitrogen and oxygen atoms in total. The Hall–Kier alpha value is -6.64. The van der Waals surface area contributed by atoms with E-state index < -0.39 is 29.7 Å². The van der Waals surface area contributed by atoms with Crippen molar-refractivity contribution < 1.29 is 28.7 Å². The van der Waals surface area contributed by atoms with Crippen molar-refractivity contribution in [2.45, 2.75) is 82.7 Å². The van der Waals surface area contributed by atoms with Gasteiger partial charge in [-0.15, -0.1) is 0 Å². The topological polar surface area (TPSA) is 195 Å². The largest absolute Gasteiger partial charge is 0.457 e. The number of likely N-dealkylation sites (tertiary alicyclic amines) is 1. The first-order valence-electron chi connectivity index (χ1n) is 20.4. The van der Waals surface area contributed by atoms with Crippen LogP contribution in [0.15, 0.2) is 79.1 Å². The quantitative estimate of drug-likeness (QED) is 0.0798. The van der Waals surface area contributed by atoms with Gasteiger partial charge in [0.15, 0.2) is 5.65 Å². The van der Waals surface area contributed by atoms with E-state index in [1.807, 2.05) is 64.2 Å². The van der Waals surface area contributed by atoms with Gasteiger partial charge in [-0.1, -0.05) is 43.9 Å². The first kappa shape index (κ1) is 39.2. The number of nitrogens with zero attached hydrogens (tertiary/aromatic N) is 6. The van der Waals surface area contributed by atoms with Crippen LogP contribution < -0.4 is 21.1 Å². The van der Waals surface area contributed by atoms with Gasteiger partial charge in [0.2, 0.25) is 17.7 Å². The molecule has 2 atom stereocenters. The Labute approximate surface area is 341 Å². The predicted octanol–water partition coefficient (Wildman–Crippen LogP) is 6.28. The van der Waals surface area contributed by atoms with E-state index in [0.29, 0.717) is 47.8 Å². The lowest BCUT2D eigenvalue weighted by Crippen LogP contribution is -2.54. The molecule has 0 spiro atoms. The number of amides is 5. The predicted molar refractivity (Wildman–Crippen MR) is 220 cm³/mol. The fraction of sp³-hybridized carbons (Fsp3) is 0.364. The number of benzene rings is 3. The fourth-order valence-electron chi connectivity index (χ4n) is 8.22. The maximum Gasteiger partial charge on any atom is 0.262 e. The molecule has 5 aromatic rings. The molecule has 2 aromatic heterocycles. The standard InChI is InChI=1S/C44H47N9O6/c45-40-38-39(28-15-18-32(19-16-28)59-31-12-6-5-7-13-31)50-53(41(38)48-27-47-40)30-11-10-24-51(26-30)37(55)14-8-3-1-2-4-9-23-46-29-17-20-33-34(25-29)44(58)52(43(33)57)35-21-22-36(54)49-42(35)56/h5-7,12-13,15-20,25,27,30,35,46H,1-4,8-11,14,21-24,26H2,(H2,45,47,48)(H,49,54,56)/t30-,35?/m1/s1. The van der Waals surface area contributed by atoms with Gasteiger partial charge in [0.05, 0.1) is 22.6 Å². The number of nitrogens with one attached hydrogen (secondary N) is 2. The molecule has 3 aliphatic rings. The summed E-state index contributed by atoms with van der Waals surface area (Å²) in [7, 11) is 0. The van der Waals surface area contributed by atoms with Gasteiger partial charge < -0.3 is 20.7 Å². The number of hydrogen-bond donors (Lipinski definition) is 3.